The van der Waals surface area contributed by atoms with Crippen LogP contribution in [0.15, 0.2) is 24.3 Å². The molecule has 1 aromatic carbocycles. The first kappa shape index (κ1) is 12.3. The molecular weight excluding hydrogens is 180 g/mol. The summed E-state index contributed by atoms with van der Waals surface area (Å²) in [5.41, 5.74) is 2.57. The van der Waals surface area contributed by atoms with Crippen molar-refractivity contribution in [2.75, 3.05) is 0 Å². The summed E-state index contributed by atoms with van der Waals surface area (Å²) in [6, 6.07) is 8.61. The molecule has 0 nitrogen and oxygen atoms in total. The molecule has 0 aromatic heterocycles. The lowest BCUT2D eigenvalue weighted by atomic mass is 10.0. The van der Waals surface area contributed by atoms with Gasteiger partial charge in [0.2, 0.25) is 0 Å². The smallest absolute Gasteiger partial charge is 0.0238 e. The number of unbranched alkanes of at least 4 members (excludes halogenated alkanes) is 5. The van der Waals surface area contributed by atoms with Gasteiger partial charge in [-0.05, 0) is 30.9 Å². The van der Waals surface area contributed by atoms with E-state index in [1.54, 1.807) is 0 Å². The second-order valence-electron chi connectivity index (χ2n) is 4.33. The van der Waals surface area contributed by atoms with Crippen LogP contribution in [0, 0.1) is 6.92 Å². The van der Waals surface area contributed by atoms with Crippen LogP contribution in [-0.2, 0) is 6.42 Å². The second kappa shape index (κ2) is 7.50. The van der Waals surface area contributed by atoms with Gasteiger partial charge in [0, 0.05) is 0 Å². The van der Waals surface area contributed by atoms with Crippen molar-refractivity contribution in [2.45, 2.75) is 51.9 Å². The van der Waals surface area contributed by atoms with Crippen LogP contribution in [0.3, 0.4) is 0 Å². The van der Waals surface area contributed by atoms with Crippen molar-refractivity contribution in [3.63, 3.8) is 0 Å². The lowest BCUT2D eigenvalue weighted by Crippen LogP contribution is -1.86. The molecule has 0 aliphatic rings. The van der Waals surface area contributed by atoms with E-state index >= 15 is 0 Å². The van der Waals surface area contributed by atoms with Crippen molar-refractivity contribution in [1.82, 2.24) is 0 Å². The van der Waals surface area contributed by atoms with Crippen molar-refractivity contribution in [2.24, 2.45) is 0 Å². The maximum Gasteiger partial charge on any atom is -0.0238 e. The van der Waals surface area contributed by atoms with Gasteiger partial charge in [-0.25, -0.2) is 0 Å². The topological polar surface area (TPSA) is 0 Å². The number of rotatable bonds is 7. The summed E-state index contributed by atoms with van der Waals surface area (Å²) in [5, 5.41) is 0. The molecule has 1 aromatic rings. The summed E-state index contributed by atoms with van der Waals surface area (Å²) in [6.45, 7) is 6.16. The predicted octanol–water partition coefficient (Wildman–Crippen LogP) is 4.77. The normalized spacial score (nSPS) is 10.5. The lowest BCUT2D eigenvalue weighted by Gasteiger charge is -2.02. The number of aryl methyl sites for hydroxylation is 1. The third-order valence-electron chi connectivity index (χ3n) is 2.84. The van der Waals surface area contributed by atoms with Crippen molar-refractivity contribution in [3.05, 3.63) is 42.3 Å². The highest BCUT2D eigenvalue weighted by Gasteiger charge is 1.93. The highest BCUT2D eigenvalue weighted by molar-refractivity contribution is 5.24. The quantitative estimate of drug-likeness (QED) is 0.560. The molecule has 0 bridgehead atoms. The van der Waals surface area contributed by atoms with Crippen LogP contribution in [-0.4, -0.2) is 0 Å². The van der Waals surface area contributed by atoms with Gasteiger partial charge in [0.15, 0.2) is 0 Å². The van der Waals surface area contributed by atoms with E-state index in [-0.39, 0.29) is 0 Å². The molecular formula is C15H23. The van der Waals surface area contributed by atoms with E-state index in [1.807, 2.05) is 0 Å². The standard InChI is InChI=1S/C15H23/c1-3-4-5-6-7-8-9-15-12-10-14(2)11-13-15/h10-13H,2-9H2,1H3. The SMILES string of the molecule is [CH2]c1ccc(CCCCCCCC)cc1. The Morgan fingerprint density at radius 3 is 2.13 bits per heavy atom. The molecule has 0 atom stereocenters. The van der Waals surface area contributed by atoms with E-state index in [2.05, 4.69) is 38.1 Å². The molecule has 0 heterocycles. The molecule has 0 amide bonds. The van der Waals surface area contributed by atoms with E-state index in [9.17, 15) is 0 Å². The molecule has 0 aliphatic heterocycles. The Balaban J connectivity index is 2.07. The van der Waals surface area contributed by atoms with Gasteiger partial charge < -0.3 is 0 Å². The molecule has 1 radical (unpaired) electrons. The Morgan fingerprint density at radius 1 is 0.867 bits per heavy atom. The minimum Gasteiger partial charge on any atom is -0.0654 e. The van der Waals surface area contributed by atoms with Crippen LogP contribution in [0.2, 0.25) is 0 Å². The molecule has 83 valence electrons. The summed E-state index contributed by atoms with van der Waals surface area (Å²) in [7, 11) is 0. The average Bonchev–Trinajstić information content (AvgIpc) is 2.26. The maximum atomic E-state index is 3.89. The van der Waals surface area contributed by atoms with Gasteiger partial charge in [-0.3, -0.25) is 0 Å². The van der Waals surface area contributed by atoms with E-state index in [4.69, 9.17) is 0 Å². The monoisotopic (exact) mass is 203 g/mol. The molecule has 0 spiro atoms. The average molecular weight is 203 g/mol. The van der Waals surface area contributed by atoms with Gasteiger partial charge in [-0.2, -0.15) is 0 Å². The zero-order valence-electron chi connectivity index (χ0n) is 9.97. The van der Waals surface area contributed by atoms with E-state index in [0.29, 0.717) is 0 Å². The van der Waals surface area contributed by atoms with Crippen LogP contribution < -0.4 is 0 Å². The summed E-state index contributed by atoms with van der Waals surface area (Å²) < 4.78 is 0. The molecule has 0 saturated heterocycles. The van der Waals surface area contributed by atoms with Crippen molar-refractivity contribution in [3.8, 4) is 0 Å². The van der Waals surface area contributed by atoms with Gasteiger partial charge in [0.05, 0.1) is 0 Å². The van der Waals surface area contributed by atoms with E-state index in [1.165, 1.54) is 50.5 Å². The van der Waals surface area contributed by atoms with Gasteiger partial charge in [0.25, 0.3) is 0 Å². The zero-order chi connectivity index (χ0) is 10.9. The fourth-order valence-corrected chi connectivity index (χ4v) is 1.82. The minimum absolute atomic E-state index is 1.11. The Kier molecular flexibility index (Phi) is 6.15. The Hall–Kier alpha value is -0.780. The fraction of sp³-hybridized carbons (Fsp3) is 0.533. The largest absolute Gasteiger partial charge is 0.0654 e. The van der Waals surface area contributed by atoms with Crippen LogP contribution in [0.4, 0.5) is 0 Å². The van der Waals surface area contributed by atoms with Gasteiger partial charge in [-0.15, -0.1) is 0 Å². The minimum atomic E-state index is 1.11. The molecule has 0 heteroatoms. The van der Waals surface area contributed by atoms with Crippen LogP contribution in [0.25, 0.3) is 0 Å². The Bertz CT molecular complexity index is 245. The number of hydrogen-bond donors (Lipinski definition) is 0. The number of hydrogen-bond acceptors (Lipinski definition) is 0. The lowest BCUT2D eigenvalue weighted by molar-refractivity contribution is 0.607. The Morgan fingerprint density at radius 2 is 1.47 bits per heavy atom. The molecule has 0 N–H and O–H groups in total. The predicted molar refractivity (Wildman–Crippen MR) is 68.0 cm³/mol. The summed E-state index contributed by atoms with van der Waals surface area (Å²) in [4.78, 5) is 0. The van der Waals surface area contributed by atoms with Crippen LogP contribution in [0.5, 0.6) is 0 Å². The Labute approximate surface area is 94.7 Å². The first-order chi connectivity index (χ1) is 7.33. The van der Waals surface area contributed by atoms with Crippen LogP contribution in [0.1, 0.15) is 56.6 Å². The van der Waals surface area contributed by atoms with Gasteiger partial charge in [-0.1, -0.05) is 63.3 Å². The highest BCUT2D eigenvalue weighted by atomic mass is 14.0. The van der Waals surface area contributed by atoms with Crippen molar-refractivity contribution >= 4 is 0 Å². The summed E-state index contributed by atoms with van der Waals surface area (Å²) in [5.74, 6) is 0. The third kappa shape index (κ3) is 5.61. The number of benzene rings is 1. The van der Waals surface area contributed by atoms with Crippen LogP contribution >= 0.6 is 0 Å². The highest BCUT2D eigenvalue weighted by Crippen LogP contribution is 2.10. The van der Waals surface area contributed by atoms with E-state index in [0.717, 1.165) is 5.56 Å². The first-order valence-corrected chi connectivity index (χ1v) is 6.24. The maximum absolute atomic E-state index is 3.89. The summed E-state index contributed by atoms with van der Waals surface area (Å²) >= 11 is 0. The van der Waals surface area contributed by atoms with Crippen molar-refractivity contribution in [1.29, 1.82) is 0 Å². The molecule has 0 saturated carbocycles. The van der Waals surface area contributed by atoms with Crippen molar-refractivity contribution < 1.29 is 0 Å². The molecule has 15 heavy (non-hydrogen) atoms. The fourth-order valence-electron chi connectivity index (χ4n) is 1.82. The van der Waals surface area contributed by atoms with Gasteiger partial charge >= 0.3 is 0 Å². The van der Waals surface area contributed by atoms with E-state index < -0.39 is 0 Å². The molecule has 0 aliphatic carbocycles. The zero-order valence-corrected chi connectivity index (χ0v) is 9.97. The van der Waals surface area contributed by atoms with Gasteiger partial charge in [0.1, 0.15) is 0 Å². The summed E-state index contributed by atoms with van der Waals surface area (Å²) in [6.07, 6.45) is 9.50. The molecule has 1 rings (SSSR count). The first-order valence-electron chi connectivity index (χ1n) is 6.24. The third-order valence-corrected chi connectivity index (χ3v) is 2.84. The second-order valence-corrected chi connectivity index (χ2v) is 4.33. The molecule has 0 fully saturated rings. The molecule has 0 unspecified atom stereocenters.